The van der Waals surface area contributed by atoms with E-state index >= 15 is 0 Å². The summed E-state index contributed by atoms with van der Waals surface area (Å²) in [5, 5.41) is 0. The SMILES string of the molecule is CC(C)N(C)C1CCN(c2ccc(Br)cn2)C1. The number of hydrogen-bond donors (Lipinski definition) is 0. The first-order chi connectivity index (χ1) is 8.08. The third-order valence-corrected chi connectivity index (χ3v) is 4.06. The van der Waals surface area contributed by atoms with E-state index in [2.05, 4.69) is 63.7 Å². The average molecular weight is 298 g/mol. The van der Waals surface area contributed by atoms with Gasteiger partial charge in [-0.05, 0) is 55.4 Å². The zero-order valence-electron chi connectivity index (χ0n) is 10.7. The summed E-state index contributed by atoms with van der Waals surface area (Å²) >= 11 is 3.42. The van der Waals surface area contributed by atoms with Crippen molar-refractivity contribution < 1.29 is 0 Å². The Hall–Kier alpha value is -0.610. The summed E-state index contributed by atoms with van der Waals surface area (Å²) in [6, 6.07) is 5.40. The van der Waals surface area contributed by atoms with Crippen LogP contribution in [0.2, 0.25) is 0 Å². The van der Waals surface area contributed by atoms with Crippen molar-refractivity contribution >= 4 is 21.7 Å². The van der Waals surface area contributed by atoms with Crippen LogP contribution in [0.5, 0.6) is 0 Å². The van der Waals surface area contributed by atoms with E-state index in [1.165, 1.54) is 6.42 Å². The van der Waals surface area contributed by atoms with Gasteiger partial charge >= 0.3 is 0 Å². The average Bonchev–Trinajstić information content (AvgIpc) is 2.78. The van der Waals surface area contributed by atoms with E-state index in [1.807, 2.05) is 6.20 Å². The maximum Gasteiger partial charge on any atom is 0.128 e. The van der Waals surface area contributed by atoms with E-state index in [0.29, 0.717) is 12.1 Å². The van der Waals surface area contributed by atoms with Crippen molar-refractivity contribution in [1.82, 2.24) is 9.88 Å². The second-order valence-electron chi connectivity index (χ2n) is 4.98. The summed E-state index contributed by atoms with van der Waals surface area (Å²) in [4.78, 5) is 9.29. The molecule has 3 nitrogen and oxygen atoms in total. The van der Waals surface area contributed by atoms with Crippen LogP contribution in [0.25, 0.3) is 0 Å². The molecule has 0 N–H and O–H groups in total. The molecular weight excluding hydrogens is 278 g/mol. The lowest BCUT2D eigenvalue weighted by molar-refractivity contribution is 0.209. The number of rotatable bonds is 3. The Kier molecular flexibility index (Phi) is 4.05. The standard InChI is InChI=1S/C13H20BrN3/c1-10(2)16(3)12-6-7-17(9-12)13-5-4-11(14)8-15-13/h4-5,8,10,12H,6-7,9H2,1-3H3. The number of anilines is 1. The zero-order valence-corrected chi connectivity index (χ0v) is 12.3. The molecule has 1 aromatic rings. The number of nitrogens with zero attached hydrogens (tertiary/aromatic N) is 3. The largest absolute Gasteiger partial charge is 0.355 e. The van der Waals surface area contributed by atoms with Crippen LogP contribution in [0, 0.1) is 0 Å². The molecule has 94 valence electrons. The molecule has 1 aliphatic heterocycles. The molecule has 0 aliphatic carbocycles. The van der Waals surface area contributed by atoms with Crippen molar-refractivity contribution in [3.8, 4) is 0 Å². The smallest absolute Gasteiger partial charge is 0.128 e. The van der Waals surface area contributed by atoms with Gasteiger partial charge in [-0.1, -0.05) is 0 Å². The Labute approximate surface area is 112 Å². The van der Waals surface area contributed by atoms with Crippen LogP contribution < -0.4 is 4.90 Å². The summed E-state index contributed by atoms with van der Waals surface area (Å²) in [6.45, 7) is 6.70. The topological polar surface area (TPSA) is 19.4 Å². The van der Waals surface area contributed by atoms with Crippen LogP contribution in [0.4, 0.5) is 5.82 Å². The van der Waals surface area contributed by atoms with Crippen molar-refractivity contribution in [1.29, 1.82) is 0 Å². The summed E-state index contributed by atoms with van der Waals surface area (Å²) in [7, 11) is 2.22. The van der Waals surface area contributed by atoms with Gasteiger partial charge < -0.3 is 4.90 Å². The van der Waals surface area contributed by atoms with E-state index in [4.69, 9.17) is 0 Å². The van der Waals surface area contributed by atoms with Gasteiger partial charge in [0.1, 0.15) is 5.82 Å². The van der Waals surface area contributed by atoms with Gasteiger partial charge in [0.05, 0.1) is 0 Å². The van der Waals surface area contributed by atoms with Gasteiger partial charge in [0.25, 0.3) is 0 Å². The molecule has 1 saturated heterocycles. The first kappa shape index (κ1) is 12.8. The van der Waals surface area contributed by atoms with Crippen molar-refractivity contribution in [3.63, 3.8) is 0 Å². The normalized spacial score (nSPS) is 20.6. The molecule has 4 heteroatoms. The lowest BCUT2D eigenvalue weighted by Gasteiger charge is -2.28. The lowest BCUT2D eigenvalue weighted by Crippen LogP contribution is -2.39. The minimum Gasteiger partial charge on any atom is -0.355 e. The predicted molar refractivity (Wildman–Crippen MR) is 75.5 cm³/mol. The molecule has 1 aromatic heterocycles. The number of pyridine rings is 1. The Morgan fingerprint density at radius 3 is 2.82 bits per heavy atom. The van der Waals surface area contributed by atoms with E-state index in [1.54, 1.807) is 0 Å². The second kappa shape index (κ2) is 5.36. The van der Waals surface area contributed by atoms with Crippen LogP contribution in [0.1, 0.15) is 20.3 Å². The first-order valence-corrected chi connectivity index (χ1v) is 6.95. The molecule has 0 amide bonds. The summed E-state index contributed by atoms with van der Waals surface area (Å²) < 4.78 is 1.04. The molecule has 17 heavy (non-hydrogen) atoms. The quantitative estimate of drug-likeness (QED) is 0.855. The predicted octanol–water partition coefficient (Wildman–Crippen LogP) is 2.76. The highest BCUT2D eigenvalue weighted by molar-refractivity contribution is 9.10. The van der Waals surface area contributed by atoms with Crippen LogP contribution in [-0.2, 0) is 0 Å². The molecule has 1 fully saturated rings. The molecule has 1 unspecified atom stereocenters. The first-order valence-electron chi connectivity index (χ1n) is 6.16. The van der Waals surface area contributed by atoms with Gasteiger partial charge in [0.15, 0.2) is 0 Å². The fraction of sp³-hybridized carbons (Fsp3) is 0.615. The van der Waals surface area contributed by atoms with Gasteiger partial charge in [-0.15, -0.1) is 0 Å². The molecule has 2 heterocycles. The fourth-order valence-electron chi connectivity index (χ4n) is 2.26. The maximum atomic E-state index is 4.46. The van der Waals surface area contributed by atoms with Crippen LogP contribution in [0.3, 0.4) is 0 Å². The number of likely N-dealkylation sites (N-methyl/N-ethyl adjacent to an activating group) is 1. The van der Waals surface area contributed by atoms with Crippen LogP contribution in [-0.4, -0.2) is 42.1 Å². The minimum atomic E-state index is 0.609. The summed E-state index contributed by atoms with van der Waals surface area (Å²) in [5.74, 6) is 1.09. The molecule has 2 rings (SSSR count). The van der Waals surface area contributed by atoms with E-state index in [9.17, 15) is 0 Å². The van der Waals surface area contributed by atoms with Crippen LogP contribution in [0.15, 0.2) is 22.8 Å². The zero-order chi connectivity index (χ0) is 12.4. The van der Waals surface area contributed by atoms with Crippen LogP contribution >= 0.6 is 15.9 Å². The summed E-state index contributed by atoms with van der Waals surface area (Å²) in [5.41, 5.74) is 0. The van der Waals surface area contributed by atoms with E-state index in [0.717, 1.165) is 23.4 Å². The Morgan fingerprint density at radius 2 is 2.24 bits per heavy atom. The van der Waals surface area contributed by atoms with Gasteiger partial charge in [0, 0.05) is 35.8 Å². The third-order valence-electron chi connectivity index (χ3n) is 3.59. The molecule has 0 spiro atoms. The number of hydrogen-bond acceptors (Lipinski definition) is 3. The van der Waals surface area contributed by atoms with E-state index in [-0.39, 0.29) is 0 Å². The fourth-order valence-corrected chi connectivity index (χ4v) is 2.49. The van der Waals surface area contributed by atoms with Crippen molar-refractivity contribution in [2.75, 3.05) is 25.0 Å². The molecule has 0 radical (unpaired) electrons. The molecule has 1 atom stereocenters. The Morgan fingerprint density at radius 1 is 1.47 bits per heavy atom. The minimum absolute atomic E-state index is 0.609. The molecule has 0 aromatic carbocycles. The van der Waals surface area contributed by atoms with Crippen molar-refractivity contribution in [2.24, 2.45) is 0 Å². The number of aromatic nitrogens is 1. The molecular formula is C13H20BrN3. The third kappa shape index (κ3) is 2.99. The highest BCUT2D eigenvalue weighted by Gasteiger charge is 2.27. The monoisotopic (exact) mass is 297 g/mol. The Balaban J connectivity index is 2.00. The highest BCUT2D eigenvalue weighted by Crippen LogP contribution is 2.22. The summed E-state index contributed by atoms with van der Waals surface area (Å²) in [6.07, 6.45) is 3.10. The number of halogens is 1. The molecule has 0 saturated carbocycles. The Bertz CT molecular complexity index is 363. The van der Waals surface area contributed by atoms with Gasteiger partial charge in [-0.2, -0.15) is 0 Å². The van der Waals surface area contributed by atoms with E-state index < -0.39 is 0 Å². The second-order valence-corrected chi connectivity index (χ2v) is 5.90. The molecule has 1 aliphatic rings. The van der Waals surface area contributed by atoms with Crippen molar-refractivity contribution in [2.45, 2.75) is 32.4 Å². The maximum absolute atomic E-state index is 4.46. The lowest BCUT2D eigenvalue weighted by atomic mass is 10.2. The van der Waals surface area contributed by atoms with Gasteiger partial charge in [-0.3, -0.25) is 4.90 Å². The highest BCUT2D eigenvalue weighted by atomic mass is 79.9. The van der Waals surface area contributed by atoms with Crippen molar-refractivity contribution in [3.05, 3.63) is 22.8 Å². The van der Waals surface area contributed by atoms with Gasteiger partial charge in [-0.25, -0.2) is 4.98 Å². The van der Waals surface area contributed by atoms with Gasteiger partial charge in [0.2, 0.25) is 0 Å². The molecule has 0 bridgehead atoms.